The van der Waals surface area contributed by atoms with E-state index in [1.54, 1.807) is 0 Å². The second-order valence-corrected chi connectivity index (χ2v) is 5.25. The molecule has 0 aromatic heterocycles. The van der Waals surface area contributed by atoms with Gasteiger partial charge in [0.25, 0.3) is 0 Å². The van der Waals surface area contributed by atoms with Crippen LogP contribution >= 0.6 is 0 Å². The SMILES string of the molecule is CCOC(=O)CC1C(CC=O)C=C(C)C1(C)C. The summed E-state index contributed by atoms with van der Waals surface area (Å²) in [6.07, 6.45) is 3.96. The molecule has 2 atom stereocenters. The minimum absolute atomic E-state index is 0.0273. The van der Waals surface area contributed by atoms with Gasteiger partial charge in [0.2, 0.25) is 0 Å². The largest absolute Gasteiger partial charge is 0.466 e. The molecule has 0 radical (unpaired) electrons. The fraction of sp³-hybridized carbons (Fsp3) is 0.714. The van der Waals surface area contributed by atoms with Crippen molar-refractivity contribution in [3.8, 4) is 0 Å². The topological polar surface area (TPSA) is 43.4 Å². The van der Waals surface area contributed by atoms with Crippen molar-refractivity contribution in [2.75, 3.05) is 6.61 Å². The highest BCUT2D eigenvalue weighted by Gasteiger charge is 2.42. The number of hydrogen-bond donors (Lipinski definition) is 0. The summed E-state index contributed by atoms with van der Waals surface area (Å²) < 4.78 is 5.01. The van der Waals surface area contributed by atoms with Gasteiger partial charge in [-0.05, 0) is 31.1 Å². The van der Waals surface area contributed by atoms with E-state index in [1.807, 2.05) is 6.92 Å². The van der Waals surface area contributed by atoms with Gasteiger partial charge in [-0.3, -0.25) is 4.79 Å². The van der Waals surface area contributed by atoms with Gasteiger partial charge in [0, 0.05) is 12.8 Å². The first kappa shape index (κ1) is 13.9. The van der Waals surface area contributed by atoms with Crippen LogP contribution in [-0.2, 0) is 14.3 Å². The summed E-state index contributed by atoms with van der Waals surface area (Å²) in [5.74, 6) is 0.184. The molecule has 0 fully saturated rings. The number of allylic oxidation sites excluding steroid dienone is 2. The molecule has 1 rings (SSSR count). The van der Waals surface area contributed by atoms with Crippen molar-refractivity contribution in [1.82, 2.24) is 0 Å². The highest BCUT2D eigenvalue weighted by atomic mass is 16.5. The average molecular weight is 238 g/mol. The lowest BCUT2D eigenvalue weighted by atomic mass is 9.72. The van der Waals surface area contributed by atoms with Crippen LogP contribution in [0.5, 0.6) is 0 Å². The molecule has 1 aliphatic rings. The molecule has 0 N–H and O–H groups in total. The highest BCUT2D eigenvalue weighted by Crippen LogP contribution is 2.48. The van der Waals surface area contributed by atoms with E-state index >= 15 is 0 Å². The lowest BCUT2D eigenvalue weighted by molar-refractivity contribution is -0.145. The summed E-state index contributed by atoms with van der Waals surface area (Å²) in [4.78, 5) is 22.3. The zero-order chi connectivity index (χ0) is 13.1. The molecule has 3 nitrogen and oxygen atoms in total. The molecule has 0 amide bonds. The molecule has 0 spiro atoms. The summed E-state index contributed by atoms with van der Waals surface area (Å²) in [6.45, 7) is 8.56. The van der Waals surface area contributed by atoms with E-state index in [-0.39, 0.29) is 23.2 Å². The highest BCUT2D eigenvalue weighted by molar-refractivity contribution is 5.70. The molecule has 0 saturated heterocycles. The number of carbonyl (C=O) groups excluding carboxylic acids is 2. The maximum atomic E-state index is 11.6. The molecule has 0 aromatic carbocycles. The maximum absolute atomic E-state index is 11.6. The third kappa shape index (κ3) is 2.96. The van der Waals surface area contributed by atoms with Crippen molar-refractivity contribution in [3.05, 3.63) is 11.6 Å². The van der Waals surface area contributed by atoms with E-state index in [1.165, 1.54) is 5.57 Å². The van der Waals surface area contributed by atoms with Gasteiger partial charge >= 0.3 is 5.97 Å². The first-order valence-electron chi connectivity index (χ1n) is 6.21. The number of hydrogen-bond acceptors (Lipinski definition) is 3. The Kier molecular flexibility index (Phi) is 4.49. The Morgan fingerprint density at radius 2 is 2.18 bits per heavy atom. The van der Waals surface area contributed by atoms with E-state index in [0.29, 0.717) is 19.4 Å². The summed E-state index contributed by atoms with van der Waals surface area (Å²) in [5, 5.41) is 0. The fourth-order valence-corrected chi connectivity index (χ4v) is 2.63. The van der Waals surface area contributed by atoms with Gasteiger partial charge in [0.15, 0.2) is 0 Å². The number of rotatable bonds is 5. The predicted octanol–water partition coefficient (Wildman–Crippen LogP) is 2.75. The lowest BCUT2D eigenvalue weighted by Gasteiger charge is -2.31. The molecule has 1 aliphatic carbocycles. The predicted molar refractivity (Wildman–Crippen MR) is 66.4 cm³/mol. The van der Waals surface area contributed by atoms with Crippen molar-refractivity contribution in [2.45, 2.75) is 40.5 Å². The zero-order valence-corrected chi connectivity index (χ0v) is 11.2. The van der Waals surface area contributed by atoms with Crippen LogP contribution in [0.3, 0.4) is 0 Å². The molecular weight excluding hydrogens is 216 g/mol. The second-order valence-electron chi connectivity index (χ2n) is 5.25. The molecule has 0 aliphatic heterocycles. The van der Waals surface area contributed by atoms with Gasteiger partial charge in [-0.15, -0.1) is 0 Å². The molecule has 17 heavy (non-hydrogen) atoms. The lowest BCUT2D eigenvalue weighted by Crippen LogP contribution is -2.28. The average Bonchev–Trinajstić information content (AvgIpc) is 2.43. The van der Waals surface area contributed by atoms with Crippen LogP contribution in [0.15, 0.2) is 11.6 Å². The van der Waals surface area contributed by atoms with E-state index in [4.69, 9.17) is 4.74 Å². The Hall–Kier alpha value is -1.12. The minimum atomic E-state index is -0.162. The molecule has 0 heterocycles. The second kappa shape index (κ2) is 5.48. The molecular formula is C14H22O3. The van der Waals surface area contributed by atoms with Crippen LogP contribution in [0.1, 0.15) is 40.5 Å². The van der Waals surface area contributed by atoms with Crippen molar-refractivity contribution in [1.29, 1.82) is 0 Å². The van der Waals surface area contributed by atoms with E-state index in [9.17, 15) is 9.59 Å². The molecule has 0 aromatic rings. The Morgan fingerprint density at radius 1 is 1.53 bits per heavy atom. The summed E-state index contributed by atoms with van der Waals surface area (Å²) >= 11 is 0. The standard InChI is InChI=1S/C14H22O3/c1-5-17-13(16)9-12-11(6-7-15)8-10(2)14(12,3)4/h7-8,11-12H,5-6,9H2,1-4H3. The summed E-state index contributed by atoms with van der Waals surface area (Å²) in [6, 6.07) is 0. The number of esters is 1. The molecule has 0 bridgehead atoms. The van der Waals surface area contributed by atoms with Crippen molar-refractivity contribution >= 4 is 12.3 Å². The molecule has 96 valence electrons. The summed E-state index contributed by atoms with van der Waals surface area (Å²) in [5.41, 5.74) is 1.24. The number of aldehydes is 1. The van der Waals surface area contributed by atoms with Gasteiger partial charge in [-0.2, -0.15) is 0 Å². The van der Waals surface area contributed by atoms with E-state index in [2.05, 4.69) is 26.8 Å². The molecule has 3 heteroatoms. The van der Waals surface area contributed by atoms with E-state index in [0.717, 1.165) is 6.29 Å². The normalized spacial score (nSPS) is 26.5. The van der Waals surface area contributed by atoms with Crippen LogP contribution < -0.4 is 0 Å². The molecule has 2 unspecified atom stereocenters. The zero-order valence-electron chi connectivity index (χ0n) is 11.2. The quantitative estimate of drug-likeness (QED) is 0.420. The van der Waals surface area contributed by atoms with Crippen LogP contribution in [0.25, 0.3) is 0 Å². The van der Waals surface area contributed by atoms with Crippen molar-refractivity contribution in [3.63, 3.8) is 0 Å². The molecule has 0 saturated carbocycles. The van der Waals surface area contributed by atoms with Gasteiger partial charge in [-0.1, -0.05) is 25.5 Å². The Morgan fingerprint density at radius 3 is 2.71 bits per heavy atom. The number of ether oxygens (including phenoxy) is 1. The fourth-order valence-electron chi connectivity index (χ4n) is 2.63. The first-order valence-corrected chi connectivity index (χ1v) is 6.21. The monoisotopic (exact) mass is 238 g/mol. The van der Waals surface area contributed by atoms with Crippen molar-refractivity contribution in [2.24, 2.45) is 17.3 Å². The van der Waals surface area contributed by atoms with E-state index < -0.39 is 0 Å². The van der Waals surface area contributed by atoms with Crippen molar-refractivity contribution < 1.29 is 14.3 Å². The Bertz CT molecular complexity index is 328. The Balaban J connectivity index is 2.79. The maximum Gasteiger partial charge on any atom is 0.306 e. The minimum Gasteiger partial charge on any atom is -0.466 e. The van der Waals surface area contributed by atoms with Crippen LogP contribution in [0.4, 0.5) is 0 Å². The number of carbonyl (C=O) groups is 2. The van der Waals surface area contributed by atoms with Crippen LogP contribution in [0.2, 0.25) is 0 Å². The Labute approximate surface area is 103 Å². The van der Waals surface area contributed by atoms with Gasteiger partial charge < -0.3 is 9.53 Å². The third-order valence-electron chi connectivity index (χ3n) is 3.98. The van der Waals surface area contributed by atoms with Gasteiger partial charge in [-0.25, -0.2) is 0 Å². The van der Waals surface area contributed by atoms with Crippen LogP contribution in [-0.4, -0.2) is 18.9 Å². The first-order chi connectivity index (χ1) is 7.93. The summed E-state index contributed by atoms with van der Waals surface area (Å²) in [7, 11) is 0. The van der Waals surface area contributed by atoms with Gasteiger partial charge in [0.05, 0.1) is 6.61 Å². The third-order valence-corrected chi connectivity index (χ3v) is 3.98. The van der Waals surface area contributed by atoms with Gasteiger partial charge in [0.1, 0.15) is 6.29 Å². The van der Waals surface area contributed by atoms with Crippen LogP contribution in [0, 0.1) is 17.3 Å². The smallest absolute Gasteiger partial charge is 0.306 e.